The fraction of sp³-hybridized carbons (Fsp3) is 0.667. The molecular formula is C15H25N3O. The molecule has 1 aromatic rings. The zero-order valence-corrected chi connectivity index (χ0v) is 12.9. The first-order valence-corrected chi connectivity index (χ1v) is 6.76. The molecular weight excluding hydrogens is 238 g/mol. The third kappa shape index (κ3) is 4.01. The number of hydrogen-bond acceptors (Lipinski definition) is 3. The largest absolute Gasteiger partial charge is 0.354 e. The Morgan fingerprint density at radius 2 is 1.84 bits per heavy atom. The second-order valence-electron chi connectivity index (χ2n) is 6.44. The molecule has 0 aromatic carbocycles. The predicted molar refractivity (Wildman–Crippen MR) is 77.1 cm³/mol. The Kier molecular flexibility index (Phi) is 4.66. The van der Waals surface area contributed by atoms with E-state index in [-0.39, 0.29) is 16.7 Å². The zero-order chi connectivity index (χ0) is 14.7. The summed E-state index contributed by atoms with van der Waals surface area (Å²) in [7, 11) is 1.59. The molecule has 0 saturated heterocycles. The van der Waals surface area contributed by atoms with Gasteiger partial charge in [-0.3, -0.25) is 9.78 Å². The molecule has 19 heavy (non-hydrogen) atoms. The summed E-state index contributed by atoms with van der Waals surface area (Å²) < 4.78 is 0. The van der Waals surface area contributed by atoms with Gasteiger partial charge in [0, 0.05) is 18.7 Å². The lowest BCUT2D eigenvalue weighted by Gasteiger charge is -2.33. The van der Waals surface area contributed by atoms with Crippen molar-refractivity contribution in [2.75, 3.05) is 7.05 Å². The van der Waals surface area contributed by atoms with E-state index >= 15 is 0 Å². The first kappa shape index (κ1) is 15.6. The second-order valence-corrected chi connectivity index (χ2v) is 6.44. The lowest BCUT2D eigenvalue weighted by molar-refractivity contribution is 0.0957. The maximum Gasteiger partial charge on any atom is 0.271 e. The van der Waals surface area contributed by atoms with Gasteiger partial charge in [0.2, 0.25) is 0 Å². The highest BCUT2D eigenvalue weighted by Gasteiger charge is 2.30. The standard InChI is InChI=1S/C15H25N3O/c1-7-14(2,3)10-15(4,5)12-9-17-11(8-18-12)13(19)16-6/h8-9H,7,10H2,1-6H3,(H,16,19). The highest BCUT2D eigenvalue weighted by Crippen LogP contribution is 2.37. The Bertz CT molecular complexity index is 435. The number of aromatic nitrogens is 2. The molecule has 0 saturated carbocycles. The van der Waals surface area contributed by atoms with Gasteiger partial charge in [-0.15, -0.1) is 0 Å². The normalized spacial score (nSPS) is 12.3. The molecule has 0 aliphatic carbocycles. The van der Waals surface area contributed by atoms with Gasteiger partial charge in [0.05, 0.1) is 11.9 Å². The van der Waals surface area contributed by atoms with Crippen LogP contribution in [0.2, 0.25) is 0 Å². The lowest BCUT2D eigenvalue weighted by atomic mass is 9.72. The van der Waals surface area contributed by atoms with Crippen molar-refractivity contribution in [3.05, 3.63) is 23.8 Å². The first-order chi connectivity index (χ1) is 8.72. The summed E-state index contributed by atoms with van der Waals surface area (Å²) >= 11 is 0. The molecule has 1 rings (SSSR count). The Labute approximate surface area is 116 Å². The van der Waals surface area contributed by atoms with Crippen LogP contribution in [0.4, 0.5) is 0 Å². The molecule has 0 radical (unpaired) electrons. The van der Waals surface area contributed by atoms with Crippen molar-refractivity contribution in [1.82, 2.24) is 15.3 Å². The van der Waals surface area contributed by atoms with Gasteiger partial charge in [0.25, 0.3) is 5.91 Å². The van der Waals surface area contributed by atoms with Crippen LogP contribution in [-0.2, 0) is 5.41 Å². The van der Waals surface area contributed by atoms with Crippen LogP contribution in [0.25, 0.3) is 0 Å². The number of carbonyl (C=O) groups is 1. The van der Waals surface area contributed by atoms with Crippen molar-refractivity contribution in [3.8, 4) is 0 Å². The molecule has 106 valence electrons. The summed E-state index contributed by atoms with van der Waals surface area (Å²) in [6.07, 6.45) is 5.43. The van der Waals surface area contributed by atoms with Gasteiger partial charge in [-0.2, -0.15) is 0 Å². The third-order valence-electron chi connectivity index (χ3n) is 3.68. The molecule has 0 fully saturated rings. The van der Waals surface area contributed by atoms with Crippen LogP contribution < -0.4 is 5.32 Å². The Morgan fingerprint density at radius 3 is 2.26 bits per heavy atom. The molecule has 0 spiro atoms. The highest BCUT2D eigenvalue weighted by molar-refractivity contribution is 5.91. The second kappa shape index (κ2) is 5.68. The first-order valence-electron chi connectivity index (χ1n) is 6.76. The van der Waals surface area contributed by atoms with Gasteiger partial charge in [0.1, 0.15) is 5.69 Å². The van der Waals surface area contributed by atoms with Crippen LogP contribution in [0, 0.1) is 5.41 Å². The molecule has 1 aromatic heterocycles. The summed E-state index contributed by atoms with van der Waals surface area (Å²) in [5.74, 6) is -0.203. The van der Waals surface area contributed by atoms with Crippen molar-refractivity contribution in [2.24, 2.45) is 5.41 Å². The monoisotopic (exact) mass is 263 g/mol. The minimum absolute atomic E-state index is 0.0479. The van der Waals surface area contributed by atoms with Gasteiger partial charge >= 0.3 is 0 Å². The van der Waals surface area contributed by atoms with E-state index in [1.807, 2.05) is 0 Å². The van der Waals surface area contributed by atoms with Crippen molar-refractivity contribution in [3.63, 3.8) is 0 Å². The van der Waals surface area contributed by atoms with Gasteiger partial charge in [0.15, 0.2) is 0 Å². The van der Waals surface area contributed by atoms with E-state index < -0.39 is 0 Å². The Hall–Kier alpha value is -1.45. The number of amides is 1. The number of rotatable bonds is 5. The molecule has 0 atom stereocenters. The van der Waals surface area contributed by atoms with E-state index in [0.29, 0.717) is 5.69 Å². The van der Waals surface area contributed by atoms with E-state index in [4.69, 9.17) is 0 Å². The van der Waals surface area contributed by atoms with Gasteiger partial charge in [-0.25, -0.2) is 4.98 Å². The van der Waals surface area contributed by atoms with E-state index in [1.54, 1.807) is 19.4 Å². The van der Waals surface area contributed by atoms with Crippen LogP contribution in [0.5, 0.6) is 0 Å². The molecule has 4 nitrogen and oxygen atoms in total. The van der Waals surface area contributed by atoms with Gasteiger partial charge in [-0.05, 0) is 11.8 Å². The van der Waals surface area contributed by atoms with Crippen molar-refractivity contribution >= 4 is 5.91 Å². The topological polar surface area (TPSA) is 54.9 Å². The quantitative estimate of drug-likeness (QED) is 0.888. The third-order valence-corrected chi connectivity index (χ3v) is 3.68. The molecule has 0 unspecified atom stereocenters. The average molecular weight is 263 g/mol. The summed E-state index contributed by atoms with van der Waals surface area (Å²) in [6, 6.07) is 0. The van der Waals surface area contributed by atoms with E-state index in [1.165, 1.54) is 0 Å². The minimum Gasteiger partial charge on any atom is -0.354 e. The Balaban J connectivity index is 2.93. The van der Waals surface area contributed by atoms with Crippen molar-refractivity contribution < 1.29 is 4.79 Å². The fourth-order valence-electron chi connectivity index (χ4n) is 2.33. The minimum atomic E-state index is -0.203. The van der Waals surface area contributed by atoms with Gasteiger partial charge < -0.3 is 5.32 Å². The smallest absolute Gasteiger partial charge is 0.271 e. The molecule has 4 heteroatoms. The zero-order valence-electron chi connectivity index (χ0n) is 12.9. The van der Waals surface area contributed by atoms with Crippen LogP contribution in [0.1, 0.15) is 63.6 Å². The molecule has 0 aliphatic heterocycles. The van der Waals surface area contributed by atoms with Crippen LogP contribution >= 0.6 is 0 Å². The van der Waals surface area contributed by atoms with Crippen molar-refractivity contribution in [1.29, 1.82) is 0 Å². The predicted octanol–water partition coefficient (Wildman–Crippen LogP) is 2.94. The summed E-state index contributed by atoms with van der Waals surface area (Å²) in [4.78, 5) is 20.0. The van der Waals surface area contributed by atoms with E-state index in [0.717, 1.165) is 18.5 Å². The molecule has 1 amide bonds. The Morgan fingerprint density at radius 1 is 1.21 bits per heavy atom. The molecule has 1 N–H and O–H groups in total. The summed E-state index contributed by atoms with van der Waals surface area (Å²) in [5.41, 5.74) is 1.51. The maximum atomic E-state index is 11.4. The molecule has 0 bridgehead atoms. The SMILES string of the molecule is CCC(C)(C)CC(C)(C)c1cnc(C(=O)NC)cn1. The number of hydrogen-bond donors (Lipinski definition) is 1. The van der Waals surface area contributed by atoms with Crippen molar-refractivity contribution in [2.45, 2.75) is 52.9 Å². The summed E-state index contributed by atoms with van der Waals surface area (Å²) in [5, 5.41) is 2.55. The van der Waals surface area contributed by atoms with Crippen LogP contribution in [0.15, 0.2) is 12.4 Å². The van der Waals surface area contributed by atoms with Crippen LogP contribution in [0.3, 0.4) is 0 Å². The van der Waals surface area contributed by atoms with E-state index in [9.17, 15) is 4.79 Å². The van der Waals surface area contributed by atoms with Gasteiger partial charge in [-0.1, -0.05) is 41.0 Å². The maximum absolute atomic E-state index is 11.4. The number of nitrogens with one attached hydrogen (secondary N) is 1. The number of nitrogens with zero attached hydrogens (tertiary/aromatic N) is 2. The lowest BCUT2D eigenvalue weighted by Crippen LogP contribution is -2.28. The van der Waals surface area contributed by atoms with E-state index in [2.05, 4.69) is 49.9 Å². The molecule has 1 heterocycles. The van der Waals surface area contributed by atoms with Crippen LogP contribution in [-0.4, -0.2) is 22.9 Å². The highest BCUT2D eigenvalue weighted by atomic mass is 16.1. The molecule has 0 aliphatic rings. The number of carbonyl (C=O) groups excluding carboxylic acids is 1. The fourth-order valence-corrected chi connectivity index (χ4v) is 2.33. The summed E-state index contributed by atoms with van der Waals surface area (Å²) in [6.45, 7) is 11.1. The average Bonchev–Trinajstić information content (AvgIpc) is 2.37.